The number of unbranched alkanes of at least 4 members (excludes halogenated alkanes) is 1. The number of aliphatic hydroxyl groups excluding tert-OH is 1. The minimum absolute atomic E-state index is 0.283. The van der Waals surface area contributed by atoms with Crippen LogP contribution in [0.3, 0.4) is 0 Å². The second kappa shape index (κ2) is 15.5. The minimum Gasteiger partial charge on any atom is -0.480 e. The van der Waals surface area contributed by atoms with Gasteiger partial charge in [0.15, 0.2) is 0 Å². The van der Waals surface area contributed by atoms with Crippen molar-refractivity contribution in [3.05, 3.63) is 0 Å². The molecule has 0 aliphatic carbocycles. The fourth-order valence-electron chi connectivity index (χ4n) is 2.79. The lowest BCUT2D eigenvalue weighted by atomic mass is 10.1. The second-order valence-corrected chi connectivity index (χ2v) is 7.75. The van der Waals surface area contributed by atoms with Crippen LogP contribution in [0.25, 0.3) is 0 Å². The van der Waals surface area contributed by atoms with Crippen molar-refractivity contribution >= 4 is 35.5 Å². The van der Waals surface area contributed by atoms with E-state index >= 15 is 0 Å². The summed E-state index contributed by atoms with van der Waals surface area (Å²) in [5, 5.41) is 25.7. The minimum atomic E-state index is -1.63. The van der Waals surface area contributed by atoms with Gasteiger partial charge >= 0.3 is 5.97 Å². The van der Waals surface area contributed by atoms with Crippen molar-refractivity contribution in [2.45, 2.75) is 75.7 Å². The van der Waals surface area contributed by atoms with E-state index in [9.17, 15) is 39.0 Å². The van der Waals surface area contributed by atoms with Crippen LogP contribution in [-0.2, 0) is 28.8 Å². The average Bonchev–Trinajstić information content (AvgIpc) is 2.72. The van der Waals surface area contributed by atoms with Gasteiger partial charge in [-0.1, -0.05) is 6.42 Å². The average molecular weight is 490 g/mol. The number of aliphatic hydroxyl groups is 1. The van der Waals surface area contributed by atoms with E-state index in [1.54, 1.807) is 0 Å². The molecule has 0 bridgehead atoms. The molecule has 5 amide bonds. The lowest BCUT2D eigenvalue weighted by molar-refractivity contribution is -0.143. The Labute approximate surface area is 196 Å². The summed E-state index contributed by atoms with van der Waals surface area (Å²) in [6.45, 7) is 1.62. The Balaban J connectivity index is 5.37. The smallest absolute Gasteiger partial charge is 0.326 e. The largest absolute Gasteiger partial charge is 0.480 e. The van der Waals surface area contributed by atoms with Gasteiger partial charge in [-0.2, -0.15) is 0 Å². The van der Waals surface area contributed by atoms with E-state index in [1.165, 1.54) is 6.92 Å². The predicted octanol–water partition coefficient (Wildman–Crippen LogP) is -4.50. The highest BCUT2D eigenvalue weighted by Gasteiger charge is 2.33. The van der Waals surface area contributed by atoms with Gasteiger partial charge in [-0.25, -0.2) is 4.79 Å². The van der Waals surface area contributed by atoms with Gasteiger partial charge in [-0.15, -0.1) is 0 Å². The van der Waals surface area contributed by atoms with Crippen LogP contribution in [0.15, 0.2) is 0 Å². The summed E-state index contributed by atoms with van der Waals surface area (Å²) in [4.78, 5) is 71.2. The van der Waals surface area contributed by atoms with E-state index in [0.29, 0.717) is 19.4 Å². The Morgan fingerprint density at radius 2 is 1.41 bits per heavy atom. The number of rotatable bonds is 17. The molecule has 0 aromatic heterocycles. The number of carboxylic acid groups (broad SMARTS) is 1. The van der Waals surface area contributed by atoms with E-state index in [1.807, 2.05) is 0 Å². The van der Waals surface area contributed by atoms with Gasteiger partial charge in [-0.05, 0) is 32.7 Å². The molecule has 0 heterocycles. The van der Waals surface area contributed by atoms with Crippen LogP contribution in [-0.4, -0.2) is 82.5 Å². The topological polar surface area (TPSA) is 283 Å². The highest BCUT2D eigenvalue weighted by molar-refractivity contribution is 5.96. The first-order valence-corrected chi connectivity index (χ1v) is 10.6. The molecule has 5 unspecified atom stereocenters. The van der Waals surface area contributed by atoms with Gasteiger partial charge < -0.3 is 49.1 Å². The molecule has 34 heavy (non-hydrogen) atoms. The molecule has 0 aromatic rings. The molecule has 0 radical (unpaired) electrons. The van der Waals surface area contributed by atoms with Crippen molar-refractivity contribution in [3.63, 3.8) is 0 Å². The molecule has 0 spiro atoms. The number of hydrogen-bond acceptors (Lipinski definition) is 9. The third-order valence-electron chi connectivity index (χ3n) is 4.70. The molecular weight excluding hydrogens is 454 g/mol. The zero-order valence-electron chi connectivity index (χ0n) is 19.0. The number of primary amides is 2. The molecule has 0 aromatic carbocycles. The van der Waals surface area contributed by atoms with Gasteiger partial charge in [-0.3, -0.25) is 24.0 Å². The summed E-state index contributed by atoms with van der Waals surface area (Å²) < 4.78 is 0. The summed E-state index contributed by atoms with van der Waals surface area (Å²) in [6.07, 6.45) is -1.31. The Morgan fingerprint density at radius 3 is 1.88 bits per heavy atom. The zero-order valence-corrected chi connectivity index (χ0v) is 19.0. The van der Waals surface area contributed by atoms with Gasteiger partial charge in [0.2, 0.25) is 29.5 Å². The summed E-state index contributed by atoms with van der Waals surface area (Å²) in [6, 6.07) is -5.68. The van der Waals surface area contributed by atoms with Crippen LogP contribution in [0.5, 0.6) is 0 Å². The van der Waals surface area contributed by atoms with Gasteiger partial charge in [0.05, 0.1) is 18.6 Å². The molecule has 5 atom stereocenters. The molecule has 0 saturated heterocycles. The summed E-state index contributed by atoms with van der Waals surface area (Å²) in [7, 11) is 0. The number of carbonyl (C=O) groups is 6. The highest BCUT2D eigenvalue weighted by atomic mass is 16.4. The molecule has 0 aliphatic heterocycles. The van der Waals surface area contributed by atoms with Crippen molar-refractivity contribution in [2.75, 3.05) is 6.54 Å². The lowest BCUT2D eigenvalue weighted by Gasteiger charge is -2.26. The second-order valence-electron chi connectivity index (χ2n) is 7.75. The molecule has 13 N–H and O–H groups in total. The molecule has 194 valence electrons. The number of carboxylic acids is 1. The van der Waals surface area contributed by atoms with Crippen molar-refractivity contribution in [2.24, 2.45) is 22.9 Å². The third kappa shape index (κ3) is 12.1. The Hall–Kier alpha value is -3.30. The van der Waals surface area contributed by atoms with Crippen LogP contribution >= 0.6 is 0 Å². The van der Waals surface area contributed by atoms with Gasteiger partial charge in [0.25, 0.3) is 0 Å². The highest BCUT2D eigenvalue weighted by Crippen LogP contribution is 2.04. The standard InChI is InChI=1S/C19H35N7O8/c1-9(27)15(26-16(30)10(21)4-2-3-7-20)18(32)25-12(8-14(23)29)17(31)24-11(19(33)34)5-6-13(22)28/h9-12,15,27H,2-8,20-21H2,1H3,(H2,22,28)(H2,23,29)(H,24,31)(H,25,32)(H,26,30)(H,33,34). The first kappa shape index (κ1) is 30.7. The quantitative estimate of drug-likeness (QED) is 0.0882. The molecule has 0 aliphatic rings. The normalized spacial score (nSPS) is 15.2. The Bertz CT molecular complexity index is 746. The number of aliphatic carboxylic acids is 1. The first-order chi connectivity index (χ1) is 15.8. The van der Waals surface area contributed by atoms with Crippen molar-refractivity contribution in [1.82, 2.24) is 16.0 Å². The van der Waals surface area contributed by atoms with E-state index in [4.69, 9.17) is 22.9 Å². The van der Waals surface area contributed by atoms with E-state index < -0.39 is 72.2 Å². The number of nitrogens with two attached hydrogens (primary N) is 4. The monoisotopic (exact) mass is 489 g/mol. The fourth-order valence-corrected chi connectivity index (χ4v) is 2.79. The first-order valence-electron chi connectivity index (χ1n) is 10.6. The van der Waals surface area contributed by atoms with Gasteiger partial charge in [0, 0.05) is 6.42 Å². The van der Waals surface area contributed by atoms with Gasteiger partial charge in [0.1, 0.15) is 18.1 Å². The van der Waals surface area contributed by atoms with Crippen molar-refractivity contribution in [3.8, 4) is 0 Å². The maximum Gasteiger partial charge on any atom is 0.326 e. The summed E-state index contributed by atoms with van der Waals surface area (Å²) in [5.41, 5.74) is 21.3. The Morgan fingerprint density at radius 1 is 0.824 bits per heavy atom. The van der Waals surface area contributed by atoms with Crippen molar-refractivity contribution in [1.29, 1.82) is 0 Å². The zero-order chi connectivity index (χ0) is 26.4. The van der Waals surface area contributed by atoms with Crippen LogP contribution in [0.4, 0.5) is 0 Å². The molecule has 15 heteroatoms. The number of nitrogens with one attached hydrogen (secondary N) is 3. The van der Waals surface area contributed by atoms with E-state index in [2.05, 4.69) is 16.0 Å². The predicted molar refractivity (Wildman–Crippen MR) is 118 cm³/mol. The number of hydrogen-bond donors (Lipinski definition) is 9. The van der Waals surface area contributed by atoms with E-state index in [0.717, 1.165) is 0 Å². The van der Waals surface area contributed by atoms with E-state index in [-0.39, 0.29) is 19.3 Å². The number of carbonyl (C=O) groups excluding carboxylic acids is 5. The SMILES string of the molecule is CC(O)C(NC(=O)C(N)CCCCN)C(=O)NC(CC(N)=O)C(=O)NC(CCC(N)=O)C(=O)O. The molecular formula is C19H35N7O8. The summed E-state index contributed by atoms with van der Waals surface area (Å²) >= 11 is 0. The van der Waals surface area contributed by atoms with Crippen LogP contribution < -0.4 is 38.9 Å². The fraction of sp³-hybridized carbons (Fsp3) is 0.684. The maximum absolute atomic E-state index is 12.7. The third-order valence-corrected chi connectivity index (χ3v) is 4.70. The van der Waals surface area contributed by atoms with Crippen molar-refractivity contribution < 1.29 is 39.0 Å². The maximum atomic E-state index is 12.7. The Kier molecular flexibility index (Phi) is 14.0. The molecule has 15 nitrogen and oxygen atoms in total. The van der Waals surface area contributed by atoms with Crippen LogP contribution in [0.1, 0.15) is 45.4 Å². The molecule has 0 rings (SSSR count). The van der Waals surface area contributed by atoms with Crippen LogP contribution in [0.2, 0.25) is 0 Å². The molecule has 0 saturated carbocycles. The molecule has 0 fully saturated rings. The summed E-state index contributed by atoms with van der Waals surface area (Å²) in [5.74, 6) is -6.12. The lowest BCUT2D eigenvalue weighted by Crippen LogP contribution is -2.60. The van der Waals surface area contributed by atoms with Crippen LogP contribution in [0, 0.1) is 0 Å². The number of amides is 5.